The van der Waals surface area contributed by atoms with Crippen molar-refractivity contribution >= 4 is 59.7 Å². The minimum atomic E-state index is -4.04. The molecule has 0 radical (unpaired) electrons. The highest BCUT2D eigenvalue weighted by Crippen LogP contribution is 2.36. The van der Waals surface area contributed by atoms with E-state index >= 15 is 0 Å². The van der Waals surface area contributed by atoms with Crippen molar-refractivity contribution in [1.82, 2.24) is 9.97 Å². The zero-order valence-corrected chi connectivity index (χ0v) is 16.2. The SMILES string of the molecule is CC1(S(=O)(=O)O)C=C(Br)C=C(I)C1.c1cnc2[nH]ccc2c1. The molecule has 3 rings (SSSR count). The molecule has 2 aromatic rings. The molecule has 0 spiro atoms. The van der Waals surface area contributed by atoms with Crippen LogP contribution in [0.1, 0.15) is 13.3 Å². The summed E-state index contributed by atoms with van der Waals surface area (Å²) in [6.45, 7) is 1.50. The third kappa shape index (κ3) is 4.18. The lowest BCUT2D eigenvalue weighted by atomic mass is 10.0. The van der Waals surface area contributed by atoms with Gasteiger partial charge >= 0.3 is 0 Å². The van der Waals surface area contributed by atoms with E-state index in [0.717, 1.165) is 14.6 Å². The summed E-state index contributed by atoms with van der Waals surface area (Å²) in [5.41, 5.74) is 0.956. The lowest BCUT2D eigenvalue weighted by Gasteiger charge is -2.25. The maximum atomic E-state index is 11.1. The first kappa shape index (κ1) is 17.6. The summed E-state index contributed by atoms with van der Waals surface area (Å²) in [6, 6.07) is 5.96. The van der Waals surface area contributed by atoms with Gasteiger partial charge in [0.2, 0.25) is 0 Å². The Labute approximate surface area is 150 Å². The van der Waals surface area contributed by atoms with E-state index in [0.29, 0.717) is 10.9 Å². The molecule has 118 valence electrons. The van der Waals surface area contributed by atoms with Gasteiger partial charge in [-0.2, -0.15) is 8.42 Å². The van der Waals surface area contributed by atoms with Gasteiger partial charge in [-0.05, 0) is 63.4 Å². The largest absolute Gasteiger partial charge is 0.346 e. The van der Waals surface area contributed by atoms with Gasteiger partial charge in [0.25, 0.3) is 10.1 Å². The quantitative estimate of drug-likeness (QED) is 0.458. The van der Waals surface area contributed by atoms with Crippen LogP contribution in [0, 0.1) is 0 Å². The van der Waals surface area contributed by atoms with Gasteiger partial charge in [-0.1, -0.05) is 15.9 Å². The summed E-state index contributed by atoms with van der Waals surface area (Å²) < 4.78 is 31.5. The number of fused-ring (bicyclic) bond motifs is 1. The van der Waals surface area contributed by atoms with Gasteiger partial charge in [0.15, 0.2) is 0 Å². The predicted octanol–water partition coefficient (Wildman–Crippen LogP) is 4.20. The van der Waals surface area contributed by atoms with Crippen LogP contribution in [0.15, 0.2) is 50.8 Å². The molecule has 1 atom stereocenters. The smallest absolute Gasteiger partial charge is 0.274 e. The fourth-order valence-corrected chi connectivity index (χ4v) is 5.33. The molecule has 0 aromatic carbocycles. The van der Waals surface area contributed by atoms with Crippen LogP contribution in [-0.4, -0.2) is 27.7 Å². The Hall–Kier alpha value is -0.710. The van der Waals surface area contributed by atoms with E-state index in [1.165, 1.54) is 13.0 Å². The van der Waals surface area contributed by atoms with Crippen LogP contribution in [0.3, 0.4) is 0 Å². The zero-order chi connectivity index (χ0) is 16.4. The number of aromatic nitrogens is 2. The number of aromatic amines is 1. The molecule has 0 saturated heterocycles. The number of hydrogen-bond donors (Lipinski definition) is 2. The third-order valence-electron chi connectivity index (χ3n) is 3.17. The van der Waals surface area contributed by atoms with Crippen LogP contribution in [0.25, 0.3) is 11.0 Å². The van der Waals surface area contributed by atoms with E-state index in [-0.39, 0.29) is 0 Å². The van der Waals surface area contributed by atoms with Gasteiger partial charge in [-0.25, -0.2) is 4.98 Å². The van der Waals surface area contributed by atoms with Crippen molar-refractivity contribution in [1.29, 1.82) is 0 Å². The molecule has 8 heteroatoms. The van der Waals surface area contributed by atoms with E-state index < -0.39 is 14.9 Å². The van der Waals surface area contributed by atoms with Crippen molar-refractivity contribution in [2.75, 3.05) is 0 Å². The van der Waals surface area contributed by atoms with Gasteiger partial charge in [0.05, 0.1) is 0 Å². The number of rotatable bonds is 1. The van der Waals surface area contributed by atoms with Gasteiger partial charge < -0.3 is 4.98 Å². The normalized spacial score (nSPS) is 21.6. The summed E-state index contributed by atoms with van der Waals surface area (Å²) >= 11 is 5.25. The fraction of sp³-hybridized carbons (Fsp3) is 0.214. The summed E-state index contributed by atoms with van der Waals surface area (Å²) in [7, 11) is -4.04. The Morgan fingerprint density at radius 2 is 2.18 bits per heavy atom. The molecule has 5 nitrogen and oxygen atoms in total. The van der Waals surface area contributed by atoms with Crippen LogP contribution in [0.4, 0.5) is 0 Å². The molecule has 1 aliphatic rings. The van der Waals surface area contributed by atoms with Gasteiger partial charge in [-0.15, -0.1) is 0 Å². The van der Waals surface area contributed by atoms with Crippen LogP contribution in [0.5, 0.6) is 0 Å². The molecule has 2 heterocycles. The van der Waals surface area contributed by atoms with Crippen molar-refractivity contribution in [2.24, 2.45) is 0 Å². The molecule has 0 bridgehead atoms. The average Bonchev–Trinajstić information content (AvgIpc) is 2.84. The lowest BCUT2D eigenvalue weighted by Crippen LogP contribution is -2.34. The van der Waals surface area contributed by atoms with Gasteiger partial charge in [0.1, 0.15) is 10.4 Å². The Balaban J connectivity index is 0.000000170. The number of allylic oxidation sites excluding steroid dienone is 3. The molecule has 1 aliphatic carbocycles. The highest BCUT2D eigenvalue weighted by atomic mass is 127. The van der Waals surface area contributed by atoms with Gasteiger partial charge in [-0.3, -0.25) is 4.55 Å². The maximum absolute atomic E-state index is 11.1. The number of nitrogens with one attached hydrogen (secondary N) is 1. The first-order chi connectivity index (χ1) is 10.2. The van der Waals surface area contributed by atoms with E-state index in [1.807, 2.05) is 30.5 Å². The summed E-state index contributed by atoms with van der Waals surface area (Å²) in [4.78, 5) is 7.09. The van der Waals surface area contributed by atoms with Crippen LogP contribution in [0.2, 0.25) is 0 Å². The van der Waals surface area contributed by atoms with Crippen LogP contribution >= 0.6 is 38.5 Å². The zero-order valence-electron chi connectivity index (χ0n) is 11.6. The van der Waals surface area contributed by atoms with Crippen molar-refractivity contribution in [3.8, 4) is 0 Å². The Morgan fingerprint density at radius 1 is 1.45 bits per heavy atom. The summed E-state index contributed by atoms with van der Waals surface area (Å²) in [5.74, 6) is 0. The van der Waals surface area contributed by atoms with E-state index in [2.05, 4.69) is 48.5 Å². The predicted molar refractivity (Wildman–Crippen MR) is 99.8 cm³/mol. The minimum absolute atomic E-state index is 0.321. The standard InChI is InChI=1S/C7H8BrIO3S.C7H6N2/c1-7(13(10,11)12)3-5(8)2-6(9)4-7;1-2-6-3-5-9-7(6)8-4-1/h2-3H,4H2,1H3,(H,10,11,12);1-5H,(H,8,9). The number of H-pyrrole nitrogens is 1. The minimum Gasteiger partial charge on any atom is -0.346 e. The second-order valence-corrected chi connectivity index (χ2v) is 9.19. The molecular formula is C14H14BrIN2O3S. The molecule has 0 aliphatic heterocycles. The molecule has 0 amide bonds. The van der Waals surface area contributed by atoms with E-state index in [1.54, 1.807) is 6.20 Å². The topological polar surface area (TPSA) is 83.1 Å². The van der Waals surface area contributed by atoms with E-state index in [4.69, 9.17) is 4.55 Å². The Kier molecular flexibility index (Phi) is 5.46. The maximum Gasteiger partial charge on any atom is 0.274 e. The number of hydrogen-bond acceptors (Lipinski definition) is 3. The summed E-state index contributed by atoms with van der Waals surface area (Å²) in [5, 5.41) is 1.16. The fourth-order valence-electron chi connectivity index (χ4n) is 1.97. The Bertz CT molecular complexity index is 814. The number of pyridine rings is 1. The number of nitrogens with zero attached hydrogens (tertiary/aromatic N) is 1. The van der Waals surface area contributed by atoms with Crippen molar-refractivity contribution < 1.29 is 13.0 Å². The van der Waals surface area contributed by atoms with Crippen molar-refractivity contribution in [2.45, 2.75) is 18.1 Å². The molecule has 2 aromatic heterocycles. The monoisotopic (exact) mass is 496 g/mol. The first-order valence-electron chi connectivity index (χ1n) is 6.31. The van der Waals surface area contributed by atoms with Crippen LogP contribution in [-0.2, 0) is 10.1 Å². The summed E-state index contributed by atoms with van der Waals surface area (Å²) in [6.07, 6.45) is 7.32. The highest BCUT2D eigenvalue weighted by molar-refractivity contribution is 14.1. The molecule has 0 fully saturated rings. The van der Waals surface area contributed by atoms with Crippen LogP contribution < -0.4 is 0 Å². The molecule has 0 saturated carbocycles. The molecular weight excluding hydrogens is 483 g/mol. The highest BCUT2D eigenvalue weighted by Gasteiger charge is 2.38. The molecule has 2 N–H and O–H groups in total. The lowest BCUT2D eigenvalue weighted by molar-refractivity contribution is 0.452. The average molecular weight is 497 g/mol. The van der Waals surface area contributed by atoms with E-state index in [9.17, 15) is 8.42 Å². The Morgan fingerprint density at radius 3 is 2.77 bits per heavy atom. The van der Waals surface area contributed by atoms with Gasteiger partial charge in [0, 0.05) is 28.7 Å². The molecule has 1 unspecified atom stereocenters. The first-order valence-corrected chi connectivity index (χ1v) is 9.62. The second kappa shape index (κ2) is 6.81. The van der Waals surface area contributed by atoms with Crippen molar-refractivity contribution in [3.63, 3.8) is 0 Å². The third-order valence-corrected chi connectivity index (χ3v) is 5.76. The number of halogens is 2. The molecule has 22 heavy (non-hydrogen) atoms. The van der Waals surface area contributed by atoms with Crippen molar-refractivity contribution in [3.05, 3.63) is 50.8 Å². The second-order valence-electron chi connectivity index (χ2n) is 5.00.